The van der Waals surface area contributed by atoms with Crippen molar-refractivity contribution in [2.45, 2.75) is 13.3 Å². The van der Waals surface area contributed by atoms with Gasteiger partial charge in [0.1, 0.15) is 23.0 Å². The summed E-state index contributed by atoms with van der Waals surface area (Å²) in [7, 11) is 0. The highest BCUT2D eigenvalue weighted by atomic mass is 19.1. The number of nitrogens with one attached hydrogen (secondary N) is 2. The Morgan fingerprint density at radius 2 is 1.72 bits per heavy atom. The number of hydrogen-bond donors (Lipinski definition) is 2. The molecule has 2 aromatic heterocycles. The molecule has 2 N–H and O–H groups in total. The van der Waals surface area contributed by atoms with Crippen LogP contribution in [0.1, 0.15) is 11.3 Å². The molecule has 4 aromatic rings. The lowest BCUT2D eigenvalue weighted by Crippen LogP contribution is -2.30. The molecule has 2 heterocycles. The van der Waals surface area contributed by atoms with Crippen molar-refractivity contribution < 1.29 is 8.78 Å². The van der Waals surface area contributed by atoms with Crippen LogP contribution in [-0.4, -0.2) is 20.6 Å². The van der Waals surface area contributed by atoms with Crippen LogP contribution in [0.5, 0.6) is 0 Å². The first-order valence-corrected chi connectivity index (χ1v) is 8.93. The van der Waals surface area contributed by atoms with Gasteiger partial charge in [0, 0.05) is 29.6 Å². The average Bonchev–Trinajstić information content (AvgIpc) is 2.68. The van der Waals surface area contributed by atoms with Crippen LogP contribution < -0.4 is 5.49 Å². The van der Waals surface area contributed by atoms with Crippen LogP contribution in [0, 0.1) is 29.4 Å². The maximum Gasteiger partial charge on any atom is 0.148 e. The Labute approximate surface area is 165 Å². The molecule has 0 unspecified atom stereocenters. The van der Waals surface area contributed by atoms with E-state index in [-0.39, 0.29) is 17.7 Å². The molecule has 0 aliphatic heterocycles. The highest BCUT2D eigenvalue weighted by Gasteiger charge is 2.08. The van der Waals surface area contributed by atoms with E-state index in [1.54, 1.807) is 18.3 Å². The van der Waals surface area contributed by atoms with E-state index in [1.165, 1.54) is 16.8 Å². The molecule has 0 radical (unpaired) electrons. The monoisotopic (exact) mass is 389 g/mol. The van der Waals surface area contributed by atoms with Crippen molar-refractivity contribution in [3.05, 3.63) is 89.2 Å². The lowest BCUT2D eigenvalue weighted by Gasteiger charge is -2.09. The topological polar surface area (TPSA) is 78.4 Å². The highest BCUT2D eigenvalue weighted by Crippen LogP contribution is 2.25. The van der Waals surface area contributed by atoms with E-state index in [2.05, 4.69) is 10.1 Å². The van der Waals surface area contributed by atoms with Gasteiger partial charge in [-0.3, -0.25) is 15.8 Å². The maximum absolute atomic E-state index is 13.5. The van der Waals surface area contributed by atoms with E-state index in [1.807, 2.05) is 31.2 Å². The second-order valence-electron chi connectivity index (χ2n) is 6.80. The van der Waals surface area contributed by atoms with Crippen molar-refractivity contribution in [2.75, 3.05) is 0 Å². The van der Waals surface area contributed by atoms with Crippen LogP contribution in [0.2, 0.25) is 0 Å². The summed E-state index contributed by atoms with van der Waals surface area (Å²) in [6.07, 6.45) is 1.86. The standard InChI is InChI=1S/C22H17F2N5/c1-13-2-5-21(25)29(28-13)22(26)7-14-3-4-20-16(6-14)8-17(12-27-20)15-9-18(23)11-19(24)10-15/h2-6,8-12,25-26H,7H2,1H3. The van der Waals surface area contributed by atoms with Gasteiger partial charge < -0.3 is 0 Å². The molecule has 4 rings (SSSR count). The van der Waals surface area contributed by atoms with E-state index in [9.17, 15) is 8.78 Å². The summed E-state index contributed by atoms with van der Waals surface area (Å²) >= 11 is 0. The normalized spacial score (nSPS) is 11.0. The van der Waals surface area contributed by atoms with E-state index in [4.69, 9.17) is 10.8 Å². The molecule has 0 fully saturated rings. The van der Waals surface area contributed by atoms with E-state index in [0.29, 0.717) is 11.1 Å². The van der Waals surface area contributed by atoms with Crippen LogP contribution in [-0.2, 0) is 6.42 Å². The van der Waals surface area contributed by atoms with Gasteiger partial charge in [-0.25, -0.2) is 13.5 Å². The third-order valence-corrected chi connectivity index (χ3v) is 4.54. The number of halogens is 2. The zero-order valence-corrected chi connectivity index (χ0v) is 15.6. The Morgan fingerprint density at radius 3 is 2.48 bits per heavy atom. The molecule has 7 heteroatoms. The zero-order chi connectivity index (χ0) is 20.5. The largest absolute Gasteiger partial charge is 0.286 e. The maximum atomic E-state index is 13.5. The third-order valence-electron chi connectivity index (χ3n) is 4.54. The number of hydrogen-bond acceptors (Lipinski definition) is 4. The van der Waals surface area contributed by atoms with Gasteiger partial charge in [-0.1, -0.05) is 6.07 Å². The summed E-state index contributed by atoms with van der Waals surface area (Å²) in [5, 5.41) is 21.3. The molecule has 29 heavy (non-hydrogen) atoms. The molecule has 0 amide bonds. The second kappa shape index (κ2) is 7.35. The minimum atomic E-state index is -0.642. The van der Waals surface area contributed by atoms with Gasteiger partial charge in [0.05, 0.1) is 11.2 Å². The van der Waals surface area contributed by atoms with Gasteiger partial charge >= 0.3 is 0 Å². The zero-order valence-electron chi connectivity index (χ0n) is 15.6. The first kappa shape index (κ1) is 18.6. The van der Waals surface area contributed by atoms with Crippen LogP contribution in [0.3, 0.4) is 0 Å². The summed E-state index contributed by atoms with van der Waals surface area (Å²) < 4.78 is 28.4. The summed E-state index contributed by atoms with van der Waals surface area (Å²) in [6.45, 7) is 1.81. The minimum Gasteiger partial charge on any atom is -0.286 e. The van der Waals surface area contributed by atoms with E-state index < -0.39 is 11.6 Å². The van der Waals surface area contributed by atoms with Gasteiger partial charge in [0.2, 0.25) is 0 Å². The van der Waals surface area contributed by atoms with Gasteiger partial charge in [0.25, 0.3) is 0 Å². The molecular formula is C22H17F2N5. The Morgan fingerprint density at radius 1 is 0.966 bits per heavy atom. The van der Waals surface area contributed by atoms with Crippen molar-refractivity contribution >= 4 is 16.7 Å². The van der Waals surface area contributed by atoms with E-state index in [0.717, 1.165) is 28.2 Å². The van der Waals surface area contributed by atoms with Crippen molar-refractivity contribution in [2.24, 2.45) is 0 Å². The van der Waals surface area contributed by atoms with Crippen molar-refractivity contribution in [3.8, 4) is 11.1 Å². The predicted octanol–water partition coefficient (Wildman–Crippen LogP) is 4.23. The molecule has 0 bridgehead atoms. The summed E-state index contributed by atoms with van der Waals surface area (Å²) in [5.41, 5.74) is 3.46. The smallest absolute Gasteiger partial charge is 0.148 e. The number of aryl methyl sites for hydroxylation is 1. The molecule has 5 nitrogen and oxygen atoms in total. The number of rotatable bonds is 3. The average molecular weight is 389 g/mol. The fraction of sp³-hybridized carbons (Fsp3) is 0.0909. The van der Waals surface area contributed by atoms with Crippen molar-refractivity contribution in [1.82, 2.24) is 14.8 Å². The fourth-order valence-corrected chi connectivity index (χ4v) is 3.16. The van der Waals surface area contributed by atoms with Crippen LogP contribution >= 0.6 is 0 Å². The van der Waals surface area contributed by atoms with Crippen LogP contribution in [0.4, 0.5) is 8.78 Å². The molecule has 144 valence electrons. The Kier molecular flexibility index (Phi) is 4.72. The van der Waals surface area contributed by atoms with Crippen LogP contribution in [0.15, 0.2) is 60.8 Å². The molecule has 0 saturated heterocycles. The van der Waals surface area contributed by atoms with Crippen LogP contribution in [0.25, 0.3) is 22.0 Å². The van der Waals surface area contributed by atoms with Gasteiger partial charge in [-0.2, -0.15) is 5.10 Å². The molecule has 0 spiro atoms. The van der Waals surface area contributed by atoms with Crippen molar-refractivity contribution in [3.63, 3.8) is 0 Å². The molecule has 2 aromatic carbocycles. The lowest BCUT2D eigenvalue weighted by atomic mass is 10.0. The molecule has 0 aliphatic rings. The lowest BCUT2D eigenvalue weighted by molar-refractivity contribution is 0.584. The quantitative estimate of drug-likeness (QED) is 0.406. The Bertz CT molecular complexity index is 1290. The molecule has 0 saturated carbocycles. The van der Waals surface area contributed by atoms with Crippen molar-refractivity contribution in [1.29, 1.82) is 10.8 Å². The van der Waals surface area contributed by atoms with E-state index >= 15 is 0 Å². The molecule has 0 atom stereocenters. The minimum absolute atomic E-state index is 0.137. The summed E-state index contributed by atoms with van der Waals surface area (Å²) in [6, 6.07) is 14.1. The Balaban J connectivity index is 1.69. The number of aromatic nitrogens is 3. The van der Waals surface area contributed by atoms with Gasteiger partial charge in [0.15, 0.2) is 0 Å². The highest BCUT2D eigenvalue weighted by molar-refractivity contribution is 5.87. The van der Waals surface area contributed by atoms with Gasteiger partial charge in [-0.15, -0.1) is 0 Å². The number of fused-ring (bicyclic) bond motifs is 1. The molecular weight excluding hydrogens is 372 g/mol. The Hall–Kier alpha value is -3.74. The second-order valence-corrected chi connectivity index (χ2v) is 6.80. The number of nitrogens with zero attached hydrogens (tertiary/aromatic N) is 3. The summed E-state index contributed by atoms with van der Waals surface area (Å²) in [4.78, 5) is 4.37. The fourth-order valence-electron chi connectivity index (χ4n) is 3.16. The predicted molar refractivity (Wildman–Crippen MR) is 107 cm³/mol. The molecule has 0 aliphatic carbocycles. The van der Waals surface area contributed by atoms with Gasteiger partial charge in [-0.05, 0) is 60.5 Å². The number of benzene rings is 2. The third kappa shape index (κ3) is 3.94. The summed E-state index contributed by atoms with van der Waals surface area (Å²) in [5.74, 6) is -1.11. The first-order valence-electron chi connectivity index (χ1n) is 8.93. The SMILES string of the molecule is Cc1ccc(=N)n(C(=N)Cc2ccc3ncc(-c4cc(F)cc(F)c4)cc3c2)n1. The number of pyridine rings is 1. The first-order chi connectivity index (χ1) is 13.9.